The highest BCUT2D eigenvalue weighted by Gasteiger charge is 2.67. The number of ether oxygens (including phenoxy) is 1. The second-order valence-corrected chi connectivity index (χ2v) is 11.2. The van der Waals surface area contributed by atoms with E-state index in [4.69, 9.17) is 4.74 Å². The first kappa shape index (κ1) is 26.4. The Bertz CT molecular complexity index is 1090. The van der Waals surface area contributed by atoms with Crippen molar-refractivity contribution in [1.29, 1.82) is 0 Å². The molecule has 0 aromatic heterocycles. The van der Waals surface area contributed by atoms with Crippen LogP contribution in [-0.4, -0.2) is 45.9 Å². The summed E-state index contributed by atoms with van der Waals surface area (Å²) in [5.74, 6) is -1.49. The molecule has 1 aliphatic heterocycles. The third kappa shape index (κ3) is 4.69. The van der Waals surface area contributed by atoms with Gasteiger partial charge < -0.3 is 20.3 Å². The molecule has 1 aromatic rings. The van der Waals surface area contributed by atoms with Gasteiger partial charge in [0, 0.05) is 24.8 Å². The molecule has 3 N–H and O–H groups in total. The lowest BCUT2D eigenvalue weighted by Gasteiger charge is -2.49. The molecule has 2 aliphatic carbocycles. The minimum atomic E-state index is -1.26. The molecule has 1 amide bonds. The molecule has 1 heterocycles. The molecule has 0 saturated carbocycles. The zero-order chi connectivity index (χ0) is 26.3. The van der Waals surface area contributed by atoms with E-state index in [1.807, 2.05) is 56.3 Å². The molecule has 0 radical (unpaired) electrons. The molecule has 3 aliphatic rings. The molecule has 0 unspecified atom stereocenters. The van der Waals surface area contributed by atoms with Crippen LogP contribution in [0.5, 0.6) is 0 Å². The summed E-state index contributed by atoms with van der Waals surface area (Å²) in [6.45, 7) is 9.03. The van der Waals surface area contributed by atoms with Gasteiger partial charge in [0.25, 0.3) is 0 Å². The number of rotatable bonds is 3. The van der Waals surface area contributed by atoms with Crippen molar-refractivity contribution in [3.8, 4) is 0 Å². The molecule has 6 heteroatoms. The Hall–Kier alpha value is -2.70. The summed E-state index contributed by atoms with van der Waals surface area (Å²) in [5.41, 5.74) is 0.485. The number of carbonyl (C=O) groups is 2. The van der Waals surface area contributed by atoms with Crippen molar-refractivity contribution in [3.05, 3.63) is 71.3 Å². The Balaban J connectivity index is 1.94. The van der Waals surface area contributed by atoms with Crippen molar-refractivity contribution in [3.63, 3.8) is 0 Å². The summed E-state index contributed by atoms with van der Waals surface area (Å²) in [7, 11) is 0. The monoisotopic (exact) mass is 493 g/mol. The Morgan fingerprint density at radius 1 is 1.17 bits per heavy atom. The van der Waals surface area contributed by atoms with Crippen molar-refractivity contribution < 1.29 is 24.5 Å². The van der Waals surface area contributed by atoms with E-state index in [0.717, 1.165) is 16.7 Å². The van der Waals surface area contributed by atoms with E-state index in [2.05, 4.69) is 12.2 Å². The Morgan fingerprint density at radius 3 is 2.53 bits per heavy atom. The maximum Gasteiger partial charge on any atom is 0.303 e. The van der Waals surface area contributed by atoms with Crippen molar-refractivity contribution in [2.75, 3.05) is 0 Å². The zero-order valence-corrected chi connectivity index (χ0v) is 21.9. The Morgan fingerprint density at radius 2 is 1.86 bits per heavy atom. The minimum Gasteiger partial charge on any atom is -0.457 e. The lowest BCUT2D eigenvalue weighted by atomic mass is 9.54. The quantitative estimate of drug-likeness (QED) is 0.439. The van der Waals surface area contributed by atoms with Gasteiger partial charge in [-0.3, -0.25) is 9.59 Å². The van der Waals surface area contributed by atoms with Gasteiger partial charge in [-0.1, -0.05) is 61.1 Å². The molecule has 1 saturated heterocycles. The number of allylic oxidation sites excluding steroid dienone is 1. The minimum absolute atomic E-state index is 0.181. The van der Waals surface area contributed by atoms with Crippen molar-refractivity contribution in [2.45, 2.75) is 77.7 Å². The zero-order valence-electron chi connectivity index (χ0n) is 21.9. The van der Waals surface area contributed by atoms with E-state index in [9.17, 15) is 19.8 Å². The van der Waals surface area contributed by atoms with Crippen LogP contribution in [0.4, 0.5) is 0 Å². The first-order chi connectivity index (χ1) is 17.0. The molecule has 36 heavy (non-hydrogen) atoms. The molecule has 1 spiro atoms. The lowest BCUT2D eigenvalue weighted by molar-refractivity contribution is -0.161. The fourth-order valence-electron chi connectivity index (χ4n) is 6.76. The number of aliphatic hydroxyl groups is 2. The predicted octanol–water partition coefficient (Wildman–Crippen LogP) is 3.88. The summed E-state index contributed by atoms with van der Waals surface area (Å²) in [4.78, 5) is 26.5. The summed E-state index contributed by atoms with van der Waals surface area (Å²) in [6.07, 6.45) is 7.26. The number of aliphatic hydroxyl groups excluding tert-OH is 1. The number of hydrogen-bond donors (Lipinski definition) is 3. The molecule has 1 aromatic carbocycles. The summed E-state index contributed by atoms with van der Waals surface area (Å²) in [5, 5.41) is 25.9. The lowest BCUT2D eigenvalue weighted by Crippen LogP contribution is -2.58. The number of esters is 1. The van der Waals surface area contributed by atoms with Crippen LogP contribution >= 0.6 is 0 Å². The summed E-state index contributed by atoms with van der Waals surface area (Å²) in [6, 6.07) is 9.76. The van der Waals surface area contributed by atoms with Crippen molar-refractivity contribution in [1.82, 2.24) is 5.32 Å². The van der Waals surface area contributed by atoms with Gasteiger partial charge in [0.2, 0.25) is 5.91 Å². The average molecular weight is 494 g/mol. The maximum absolute atomic E-state index is 14.2. The van der Waals surface area contributed by atoms with Crippen LogP contribution in [0.3, 0.4) is 0 Å². The maximum atomic E-state index is 14.2. The molecular weight excluding hydrogens is 454 g/mol. The molecule has 6 nitrogen and oxygen atoms in total. The second-order valence-electron chi connectivity index (χ2n) is 11.2. The fraction of sp³-hybridized carbons (Fsp3) is 0.533. The van der Waals surface area contributed by atoms with Gasteiger partial charge in [0.1, 0.15) is 11.5 Å². The van der Waals surface area contributed by atoms with Crippen LogP contribution in [0.25, 0.3) is 0 Å². The van der Waals surface area contributed by atoms with E-state index in [1.165, 1.54) is 6.92 Å². The Labute approximate surface area is 214 Å². The molecular formula is C30H39NO5. The van der Waals surface area contributed by atoms with Gasteiger partial charge in [-0.25, -0.2) is 0 Å². The van der Waals surface area contributed by atoms with Gasteiger partial charge in [-0.05, 0) is 63.2 Å². The molecule has 0 bridgehead atoms. The van der Waals surface area contributed by atoms with Gasteiger partial charge >= 0.3 is 5.97 Å². The molecule has 1 fully saturated rings. The average Bonchev–Trinajstić information content (AvgIpc) is 3.08. The normalized spacial score (nSPS) is 38.6. The van der Waals surface area contributed by atoms with Gasteiger partial charge in [-0.2, -0.15) is 0 Å². The Kier molecular flexibility index (Phi) is 7.31. The van der Waals surface area contributed by atoms with E-state index in [-0.39, 0.29) is 23.8 Å². The standard InChI is InChI=1S/C30H39NO5/c1-18-10-9-13-23-27(33)20(3)19(2)26-24(16-22-11-7-6-8-12-22)31-28(34)30(23,26)25(36-21(4)32)14-15-29(5,35)17-18/h6-9,11-15,18,23-27,33,35H,10,16-17H2,1-5H3,(H,31,34)/t18-,23-,24-,25+,26-,27+,29-,30+/m0/s1. The number of nitrogens with one attached hydrogen (secondary N) is 1. The van der Waals surface area contributed by atoms with Crippen LogP contribution < -0.4 is 5.32 Å². The highest BCUT2D eigenvalue weighted by Crippen LogP contribution is 2.57. The fourth-order valence-corrected chi connectivity index (χ4v) is 6.76. The third-order valence-corrected chi connectivity index (χ3v) is 8.39. The predicted molar refractivity (Wildman–Crippen MR) is 139 cm³/mol. The largest absolute Gasteiger partial charge is 0.457 e. The number of amides is 1. The topological polar surface area (TPSA) is 95.9 Å². The van der Waals surface area contributed by atoms with E-state index in [1.54, 1.807) is 19.1 Å². The van der Waals surface area contributed by atoms with Crippen molar-refractivity contribution in [2.24, 2.45) is 23.2 Å². The number of carbonyl (C=O) groups excluding carboxylic acids is 2. The van der Waals surface area contributed by atoms with E-state index < -0.39 is 35.1 Å². The molecule has 4 rings (SSSR count). The van der Waals surface area contributed by atoms with Crippen LogP contribution in [0.15, 0.2) is 65.8 Å². The first-order valence-electron chi connectivity index (χ1n) is 12.9. The number of benzene rings is 1. The highest BCUT2D eigenvalue weighted by atomic mass is 16.5. The third-order valence-electron chi connectivity index (χ3n) is 8.39. The summed E-state index contributed by atoms with van der Waals surface area (Å²) >= 11 is 0. The van der Waals surface area contributed by atoms with Gasteiger partial charge in [-0.15, -0.1) is 0 Å². The van der Waals surface area contributed by atoms with E-state index in [0.29, 0.717) is 19.3 Å². The first-order valence-corrected chi connectivity index (χ1v) is 12.9. The second kappa shape index (κ2) is 9.98. The molecule has 194 valence electrons. The van der Waals surface area contributed by atoms with Crippen LogP contribution in [-0.2, 0) is 20.7 Å². The smallest absolute Gasteiger partial charge is 0.303 e. The van der Waals surface area contributed by atoms with Gasteiger partial charge in [0.05, 0.1) is 11.7 Å². The summed E-state index contributed by atoms with van der Waals surface area (Å²) < 4.78 is 5.89. The molecule has 8 atom stereocenters. The van der Waals surface area contributed by atoms with Crippen LogP contribution in [0.2, 0.25) is 0 Å². The van der Waals surface area contributed by atoms with E-state index >= 15 is 0 Å². The van der Waals surface area contributed by atoms with Gasteiger partial charge in [0.15, 0.2) is 0 Å². The highest BCUT2D eigenvalue weighted by molar-refractivity contribution is 5.89. The SMILES string of the molecule is CC(=O)O[C@@H]1C=C[C@](C)(O)C[C@@H](C)CC=C[C@H]2[C@H](O)C(C)=C(C)[C@H]3[C@H](Cc4ccccc4)NC(=O)[C@@]123. The van der Waals surface area contributed by atoms with Crippen molar-refractivity contribution >= 4 is 11.9 Å². The van der Waals surface area contributed by atoms with Crippen LogP contribution in [0.1, 0.15) is 53.0 Å². The van der Waals surface area contributed by atoms with Crippen LogP contribution in [0, 0.1) is 23.2 Å². The number of hydrogen-bond acceptors (Lipinski definition) is 5.